The van der Waals surface area contributed by atoms with Crippen LogP contribution in [0.5, 0.6) is 0 Å². The van der Waals surface area contributed by atoms with Gasteiger partial charge in [0, 0.05) is 11.3 Å². The van der Waals surface area contributed by atoms with Crippen LogP contribution in [0.15, 0.2) is 40.1 Å². The molecule has 0 aliphatic heterocycles. The number of ketones is 1. The highest BCUT2D eigenvalue weighted by atomic mass is 32.1. The highest BCUT2D eigenvalue weighted by Crippen LogP contribution is 2.14. The Morgan fingerprint density at radius 1 is 1.25 bits per heavy atom. The third kappa shape index (κ3) is 2.37. The molecule has 0 unspecified atom stereocenters. The minimum Gasteiger partial charge on any atom is -0.323 e. The molecule has 0 aromatic carbocycles. The van der Waals surface area contributed by atoms with E-state index in [1.54, 1.807) is 11.3 Å². The second kappa shape index (κ2) is 5.05. The lowest BCUT2D eigenvalue weighted by Gasteiger charge is -2.00. The molecule has 0 spiro atoms. The maximum atomic E-state index is 11.9. The number of thiophene rings is 2. The summed E-state index contributed by atoms with van der Waals surface area (Å²) in [5.41, 5.74) is 0.364. The van der Waals surface area contributed by atoms with Gasteiger partial charge in [-0.05, 0) is 22.9 Å². The fraction of sp³-hybridized carbons (Fsp3) is 0.0909. The summed E-state index contributed by atoms with van der Waals surface area (Å²) in [6, 6.07) is 7.59. The van der Waals surface area contributed by atoms with Crippen molar-refractivity contribution in [2.45, 2.75) is 6.42 Å². The van der Waals surface area contributed by atoms with Crippen molar-refractivity contribution in [2.75, 3.05) is 0 Å². The van der Waals surface area contributed by atoms with E-state index in [1.165, 1.54) is 11.3 Å². The van der Waals surface area contributed by atoms with Gasteiger partial charge in [-0.2, -0.15) is 5.10 Å². The molecule has 0 saturated carbocycles. The van der Waals surface area contributed by atoms with E-state index < -0.39 is 0 Å². The lowest BCUT2D eigenvalue weighted by molar-refractivity contribution is -0.112. The summed E-state index contributed by atoms with van der Waals surface area (Å²) in [5.74, 6) is 5.24. The molecule has 2 aromatic rings. The smallest absolute Gasteiger partial charge is 0.189 e. The molecule has 0 bridgehead atoms. The molecule has 0 amide bonds. The molecule has 0 aliphatic rings. The van der Waals surface area contributed by atoms with Crippen LogP contribution < -0.4 is 5.84 Å². The molecule has 2 rings (SSSR count). The van der Waals surface area contributed by atoms with Crippen molar-refractivity contribution in [2.24, 2.45) is 10.9 Å². The normalized spacial score (nSPS) is 11.6. The van der Waals surface area contributed by atoms with E-state index in [0.717, 1.165) is 9.75 Å². The second-order valence-electron chi connectivity index (χ2n) is 3.13. The van der Waals surface area contributed by atoms with Crippen LogP contribution in [-0.4, -0.2) is 11.5 Å². The molecule has 5 heteroatoms. The lowest BCUT2D eigenvalue weighted by Crippen LogP contribution is -2.18. The summed E-state index contributed by atoms with van der Waals surface area (Å²) >= 11 is 3.03. The Kier molecular flexibility index (Phi) is 3.48. The summed E-state index contributed by atoms with van der Waals surface area (Å²) in [5, 5.41) is 7.45. The van der Waals surface area contributed by atoms with E-state index in [4.69, 9.17) is 5.84 Å². The summed E-state index contributed by atoms with van der Waals surface area (Å²) in [4.78, 5) is 13.8. The van der Waals surface area contributed by atoms with E-state index in [0.29, 0.717) is 12.1 Å². The van der Waals surface area contributed by atoms with Crippen molar-refractivity contribution >= 4 is 34.2 Å². The van der Waals surface area contributed by atoms with E-state index in [1.807, 2.05) is 35.0 Å². The summed E-state index contributed by atoms with van der Waals surface area (Å²) in [6.07, 6.45) is 0.367. The Labute approximate surface area is 101 Å². The van der Waals surface area contributed by atoms with Gasteiger partial charge < -0.3 is 5.84 Å². The molecule has 2 N–H and O–H groups in total. The van der Waals surface area contributed by atoms with Crippen LogP contribution in [-0.2, 0) is 11.2 Å². The second-order valence-corrected chi connectivity index (χ2v) is 5.11. The zero-order chi connectivity index (χ0) is 11.4. The number of carbonyl (C=O) groups excluding carboxylic acids is 1. The van der Waals surface area contributed by atoms with E-state index in [-0.39, 0.29) is 5.78 Å². The van der Waals surface area contributed by atoms with Crippen LogP contribution in [0, 0.1) is 0 Å². The molecular weight excluding hydrogens is 240 g/mol. The monoisotopic (exact) mass is 250 g/mol. The van der Waals surface area contributed by atoms with Crippen molar-refractivity contribution in [3.05, 3.63) is 44.8 Å². The summed E-state index contributed by atoms with van der Waals surface area (Å²) in [7, 11) is 0. The molecule has 2 aromatic heterocycles. The first-order valence-corrected chi connectivity index (χ1v) is 6.44. The largest absolute Gasteiger partial charge is 0.323 e. The maximum absolute atomic E-state index is 11.9. The molecule has 0 radical (unpaired) electrons. The molecule has 2 heterocycles. The third-order valence-electron chi connectivity index (χ3n) is 2.06. The Morgan fingerprint density at radius 2 is 2.00 bits per heavy atom. The van der Waals surface area contributed by atoms with Crippen molar-refractivity contribution in [3.63, 3.8) is 0 Å². The zero-order valence-electron chi connectivity index (χ0n) is 8.42. The third-order valence-corrected chi connectivity index (χ3v) is 3.82. The minimum atomic E-state index is -0.0348. The highest BCUT2D eigenvalue weighted by molar-refractivity contribution is 7.13. The van der Waals surface area contributed by atoms with Gasteiger partial charge in [0.25, 0.3) is 0 Å². The number of nitrogens with two attached hydrogens (primary N) is 1. The van der Waals surface area contributed by atoms with Gasteiger partial charge in [0.05, 0.1) is 4.88 Å². The predicted molar refractivity (Wildman–Crippen MR) is 68.1 cm³/mol. The van der Waals surface area contributed by atoms with Crippen LogP contribution in [0.3, 0.4) is 0 Å². The number of carbonyl (C=O) groups is 1. The molecule has 0 saturated heterocycles. The van der Waals surface area contributed by atoms with Crippen LogP contribution in [0.1, 0.15) is 9.75 Å². The van der Waals surface area contributed by atoms with Gasteiger partial charge in [0.1, 0.15) is 5.71 Å². The van der Waals surface area contributed by atoms with Crippen molar-refractivity contribution < 1.29 is 4.79 Å². The standard InChI is InChI=1S/C11H10N2OS2/c12-13-11(10-4-2-6-16-10)9(14)7-8-3-1-5-15-8/h1-6H,7,12H2/b13-11-. The molecular formula is C11H10N2OS2. The molecule has 3 nitrogen and oxygen atoms in total. The lowest BCUT2D eigenvalue weighted by atomic mass is 10.1. The Balaban J connectivity index is 2.15. The van der Waals surface area contributed by atoms with Crippen molar-refractivity contribution in [1.29, 1.82) is 0 Å². The maximum Gasteiger partial charge on any atom is 0.189 e. The predicted octanol–water partition coefficient (Wildman–Crippen LogP) is 2.28. The van der Waals surface area contributed by atoms with Crippen LogP contribution in [0.25, 0.3) is 0 Å². The number of hydrogen-bond acceptors (Lipinski definition) is 5. The SMILES string of the molecule is N/N=C(/C(=O)Cc1cccs1)c1cccs1. The number of rotatable bonds is 4. The van der Waals surface area contributed by atoms with Gasteiger partial charge >= 0.3 is 0 Å². The van der Waals surface area contributed by atoms with Gasteiger partial charge in [-0.3, -0.25) is 4.79 Å². The number of hydrogen-bond donors (Lipinski definition) is 1. The molecule has 0 atom stereocenters. The zero-order valence-corrected chi connectivity index (χ0v) is 10.1. The van der Waals surface area contributed by atoms with Gasteiger partial charge in [0.15, 0.2) is 5.78 Å². The van der Waals surface area contributed by atoms with Gasteiger partial charge in [-0.1, -0.05) is 12.1 Å². The van der Waals surface area contributed by atoms with Gasteiger partial charge in [-0.25, -0.2) is 0 Å². The number of Topliss-reactive ketones (excluding diaryl/α,β-unsaturated/α-hetero) is 1. The topological polar surface area (TPSA) is 55.4 Å². The van der Waals surface area contributed by atoms with Gasteiger partial charge in [0.2, 0.25) is 0 Å². The summed E-state index contributed by atoms with van der Waals surface area (Å²) < 4.78 is 0. The highest BCUT2D eigenvalue weighted by Gasteiger charge is 2.15. The number of nitrogens with zero attached hydrogens (tertiary/aromatic N) is 1. The van der Waals surface area contributed by atoms with Crippen LogP contribution in [0.2, 0.25) is 0 Å². The fourth-order valence-electron chi connectivity index (χ4n) is 1.34. The van der Waals surface area contributed by atoms with E-state index in [2.05, 4.69) is 5.10 Å². The van der Waals surface area contributed by atoms with Gasteiger partial charge in [-0.15, -0.1) is 22.7 Å². The average molecular weight is 250 g/mol. The molecule has 0 fully saturated rings. The first-order chi connectivity index (χ1) is 7.81. The Morgan fingerprint density at radius 3 is 2.56 bits per heavy atom. The van der Waals surface area contributed by atoms with Crippen molar-refractivity contribution in [3.8, 4) is 0 Å². The molecule has 16 heavy (non-hydrogen) atoms. The van der Waals surface area contributed by atoms with E-state index >= 15 is 0 Å². The van der Waals surface area contributed by atoms with Crippen molar-refractivity contribution in [1.82, 2.24) is 0 Å². The van der Waals surface area contributed by atoms with E-state index in [9.17, 15) is 4.79 Å². The average Bonchev–Trinajstić information content (AvgIpc) is 2.91. The Bertz CT molecular complexity index is 486. The quantitative estimate of drug-likeness (QED) is 0.514. The summed E-state index contributed by atoms with van der Waals surface area (Å²) in [6.45, 7) is 0. The minimum absolute atomic E-state index is 0.0348. The first kappa shape index (κ1) is 11.0. The fourth-order valence-corrected chi connectivity index (χ4v) is 2.78. The number of hydrazone groups is 1. The van der Waals surface area contributed by atoms with Crippen LogP contribution >= 0.6 is 22.7 Å². The first-order valence-electron chi connectivity index (χ1n) is 4.68. The molecule has 82 valence electrons. The molecule has 0 aliphatic carbocycles. The Hall–Kier alpha value is -1.46. The van der Waals surface area contributed by atoms with Crippen LogP contribution in [0.4, 0.5) is 0 Å².